The molecule has 2 rings (SSSR count). The summed E-state index contributed by atoms with van der Waals surface area (Å²) < 4.78 is 0.850. The predicted molar refractivity (Wildman–Crippen MR) is 93.1 cm³/mol. The minimum absolute atomic E-state index is 0. The maximum Gasteiger partial charge on any atom is 0.227 e. The number of benzene rings is 1. The highest BCUT2D eigenvalue weighted by Gasteiger charge is 2.35. The summed E-state index contributed by atoms with van der Waals surface area (Å²) in [5.41, 5.74) is 6.19. The second-order valence-corrected chi connectivity index (χ2v) is 6.92. The maximum atomic E-state index is 12.1. The number of hydrogen-bond acceptors (Lipinski definition) is 3. The fourth-order valence-corrected chi connectivity index (χ4v) is 2.74. The van der Waals surface area contributed by atoms with Crippen molar-refractivity contribution in [1.82, 2.24) is 5.32 Å². The van der Waals surface area contributed by atoms with E-state index in [0.29, 0.717) is 13.1 Å². The maximum absolute atomic E-state index is 12.1. The molecule has 0 aliphatic carbocycles. The second kappa shape index (κ2) is 7.44. The van der Waals surface area contributed by atoms with Crippen LogP contribution in [0.4, 0.5) is 5.69 Å². The third-order valence-electron chi connectivity index (χ3n) is 3.36. The molecule has 3 N–H and O–H groups in total. The van der Waals surface area contributed by atoms with E-state index >= 15 is 0 Å². The zero-order valence-electron chi connectivity index (χ0n) is 12.6. The van der Waals surface area contributed by atoms with Gasteiger partial charge in [0.2, 0.25) is 11.8 Å². The Labute approximate surface area is 145 Å². The number of hydrogen-bond donors (Lipinski definition) is 2. The van der Waals surface area contributed by atoms with Gasteiger partial charge in [-0.15, -0.1) is 12.4 Å². The molecule has 1 saturated heterocycles. The number of nitrogens with two attached hydrogens (primary N) is 1. The van der Waals surface area contributed by atoms with E-state index in [1.54, 1.807) is 4.90 Å². The first kappa shape index (κ1) is 18.9. The number of carbonyl (C=O) groups is 2. The lowest BCUT2D eigenvalue weighted by molar-refractivity contribution is -0.126. The molecule has 0 radical (unpaired) electrons. The number of carbonyl (C=O) groups excluding carboxylic acids is 2. The Bertz CT molecular complexity index is 560. The molecule has 1 unspecified atom stereocenters. The van der Waals surface area contributed by atoms with Crippen LogP contribution in [0.2, 0.25) is 0 Å². The van der Waals surface area contributed by atoms with E-state index in [2.05, 4.69) is 21.2 Å². The summed E-state index contributed by atoms with van der Waals surface area (Å²) in [7, 11) is 0. The molecule has 1 heterocycles. The van der Waals surface area contributed by atoms with Crippen molar-refractivity contribution in [3.05, 3.63) is 28.7 Å². The summed E-state index contributed by atoms with van der Waals surface area (Å²) in [5.74, 6) is -0.475. The molecule has 0 bridgehead atoms. The van der Waals surface area contributed by atoms with Gasteiger partial charge < -0.3 is 16.0 Å². The highest BCUT2D eigenvalue weighted by Crippen LogP contribution is 2.31. The molecular weight excluding hydrogens is 370 g/mol. The smallest absolute Gasteiger partial charge is 0.227 e. The summed E-state index contributed by atoms with van der Waals surface area (Å²) in [5, 5.41) is 2.82. The molecule has 5 nitrogen and oxygen atoms in total. The van der Waals surface area contributed by atoms with E-state index in [1.165, 1.54) is 0 Å². The van der Waals surface area contributed by atoms with Gasteiger partial charge in [0.05, 0.1) is 11.6 Å². The van der Waals surface area contributed by atoms with Crippen molar-refractivity contribution < 1.29 is 9.59 Å². The lowest BCUT2D eigenvalue weighted by Gasteiger charge is -2.21. The first-order valence-corrected chi connectivity index (χ1v) is 7.69. The van der Waals surface area contributed by atoms with Crippen molar-refractivity contribution in [2.75, 3.05) is 18.0 Å². The molecule has 1 atom stereocenters. The molecule has 1 aliphatic rings. The van der Waals surface area contributed by atoms with Gasteiger partial charge in [0.25, 0.3) is 0 Å². The van der Waals surface area contributed by atoms with Gasteiger partial charge in [-0.3, -0.25) is 9.59 Å². The minimum atomic E-state index is -0.458. The third kappa shape index (κ3) is 4.69. The van der Waals surface area contributed by atoms with Gasteiger partial charge in [0.1, 0.15) is 0 Å². The molecule has 1 aliphatic heterocycles. The summed E-state index contributed by atoms with van der Waals surface area (Å²) in [4.78, 5) is 25.9. The standard InChI is InChI=1S/C15H20BrN3O2.ClH/c1-15(2,17)9-18-14(21)10-7-13(20)19(8-10)12-6-4-3-5-11(12)16;/h3-6,10H,7-9,17H2,1-2H3,(H,18,21);1H. The summed E-state index contributed by atoms with van der Waals surface area (Å²) >= 11 is 3.44. The lowest BCUT2D eigenvalue weighted by Crippen LogP contribution is -2.46. The van der Waals surface area contributed by atoms with Crippen molar-refractivity contribution >= 4 is 45.8 Å². The van der Waals surface area contributed by atoms with Gasteiger partial charge in [-0.25, -0.2) is 0 Å². The first-order chi connectivity index (χ1) is 9.78. The van der Waals surface area contributed by atoms with Crippen LogP contribution >= 0.6 is 28.3 Å². The van der Waals surface area contributed by atoms with Gasteiger partial charge in [-0.05, 0) is 41.9 Å². The van der Waals surface area contributed by atoms with E-state index in [4.69, 9.17) is 5.73 Å². The van der Waals surface area contributed by atoms with Gasteiger partial charge in [-0.2, -0.15) is 0 Å². The van der Waals surface area contributed by atoms with E-state index in [0.717, 1.165) is 10.2 Å². The fourth-order valence-electron chi connectivity index (χ4n) is 2.25. The van der Waals surface area contributed by atoms with Gasteiger partial charge in [0.15, 0.2) is 0 Å². The minimum Gasteiger partial charge on any atom is -0.354 e. The van der Waals surface area contributed by atoms with Crippen molar-refractivity contribution in [3.8, 4) is 0 Å². The van der Waals surface area contributed by atoms with Crippen LogP contribution in [0.25, 0.3) is 0 Å². The van der Waals surface area contributed by atoms with Crippen LogP contribution in [-0.4, -0.2) is 30.4 Å². The number of anilines is 1. The SMILES string of the molecule is CC(C)(N)CNC(=O)C1CC(=O)N(c2ccccc2Br)C1.Cl. The van der Waals surface area contributed by atoms with E-state index in [1.807, 2.05) is 38.1 Å². The summed E-state index contributed by atoms with van der Waals surface area (Å²) in [6.07, 6.45) is 0.234. The van der Waals surface area contributed by atoms with Crippen molar-refractivity contribution in [2.24, 2.45) is 11.7 Å². The molecule has 7 heteroatoms. The molecule has 2 amide bonds. The summed E-state index contributed by atoms with van der Waals surface area (Å²) in [6.45, 7) is 4.49. The molecule has 1 aromatic carbocycles. The Hall–Kier alpha value is -1.11. The molecule has 22 heavy (non-hydrogen) atoms. The number of para-hydroxylation sites is 1. The Morgan fingerprint density at radius 3 is 2.68 bits per heavy atom. The first-order valence-electron chi connectivity index (χ1n) is 6.89. The lowest BCUT2D eigenvalue weighted by atomic mass is 10.1. The van der Waals surface area contributed by atoms with Crippen LogP contribution in [0, 0.1) is 5.92 Å². The average Bonchev–Trinajstić information content (AvgIpc) is 2.78. The molecule has 122 valence electrons. The molecular formula is C15H21BrClN3O2. The zero-order chi connectivity index (χ0) is 15.6. The van der Waals surface area contributed by atoms with E-state index in [-0.39, 0.29) is 36.6 Å². The highest BCUT2D eigenvalue weighted by atomic mass is 79.9. The van der Waals surface area contributed by atoms with Crippen LogP contribution in [0.5, 0.6) is 0 Å². The quantitative estimate of drug-likeness (QED) is 0.826. The normalized spacial score (nSPS) is 18.1. The van der Waals surface area contributed by atoms with E-state index < -0.39 is 5.54 Å². The van der Waals surface area contributed by atoms with Crippen LogP contribution in [0.15, 0.2) is 28.7 Å². The zero-order valence-corrected chi connectivity index (χ0v) is 15.0. The van der Waals surface area contributed by atoms with Crippen LogP contribution in [-0.2, 0) is 9.59 Å². The van der Waals surface area contributed by atoms with Crippen molar-refractivity contribution in [2.45, 2.75) is 25.8 Å². The monoisotopic (exact) mass is 389 g/mol. The van der Waals surface area contributed by atoms with Crippen molar-refractivity contribution in [3.63, 3.8) is 0 Å². The molecule has 1 aromatic rings. The van der Waals surface area contributed by atoms with Gasteiger partial charge >= 0.3 is 0 Å². The Kier molecular flexibility index (Phi) is 6.40. The van der Waals surface area contributed by atoms with E-state index in [9.17, 15) is 9.59 Å². The van der Waals surface area contributed by atoms with Gasteiger partial charge in [-0.1, -0.05) is 12.1 Å². The van der Waals surface area contributed by atoms with Crippen LogP contribution in [0.3, 0.4) is 0 Å². The molecule has 0 saturated carbocycles. The third-order valence-corrected chi connectivity index (χ3v) is 4.03. The number of halogens is 2. The number of nitrogens with one attached hydrogen (secondary N) is 1. The second-order valence-electron chi connectivity index (χ2n) is 6.06. The van der Waals surface area contributed by atoms with Gasteiger partial charge in [0, 0.05) is 29.5 Å². The number of nitrogens with zero attached hydrogens (tertiary/aromatic N) is 1. The fraction of sp³-hybridized carbons (Fsp3) is 0.467. The highest BCUT2D eigenvalue weighted by molar-refractivity contribution is 9.10. The predicted octanol–water partition coefficient (Wildman–Crippen LogP) is 2.08. The Balaban J connectivity index is 0.00000242. The largest absolute Gasteiger partial charge is 0.354 e. The van der Waals surface area contributed by atoms with Crippen LogP contribution in [0.1, 0.15) is 20.3 Å². The topological polar surface area (TPSA) is 75.4 Å². The van der Waals surface area contributed by atoms with Crippen LogP contribution < -0.4 is 16.0 Å². The molecule has 1 fully saturated rings. The molecule has 0 aromatic heterocycles. The Morgan fingerprint density at radius 1 is 1.45 bits per heavy atom. The molecule has 0 spiro atoms. The summed E-state index contributed by atoms with van der Waals surface area (Å²) in [6, 6.07) is 7.51. The number of rotatable bonds is 4. The number of amides is 2. The Morgan fingerprint density at radius 2 is 2.09 bits per heavy atom. The van der Waals surface area contributed by atoms with Crippen molar-refractivity contribution in [1.29, 1.82) is 0 Å². The average molecular weight is 391 g/mol.